The minimum Gasteiger partial charge on any atom is -0.287 e. The van der Waals surface area contributed by atoms with Crippen molar-refractivity contribution < 1.29 is 36.3 Å². The Kier molecular flexibility index (Phi) is 5.52. The highest BCUT2D eigenvalue weighted by Gasteiger charge is 2.38. The number of thiophene rings is 2. The van der Waals surface area contributed by atoms with Gasteiger partial charge in [-0.05, 0) is 23.6 Å². The van der Waals surface area contributed by atoms with Crippen molar-refractivity contribution >= 4 is 62.7 Å². The number of fused-ring (bicyclic) bond motifs is 3. The predicted molar refractivity (Wildman–Crippen MR) is 128 cm³/mol. The lowest BCUT2D eigenvalue weighted by Gasteiger charge is -2.06. The molecule has 1 aliphatic rings. The van der Waals surface area contributed by atoms with Gasteiger partial charge in [0.1, 0.15) is 27.0 Å². The third-order valence-corrected chi connectivity index (χ3v) is 9.87. The van der Waals surface area contributed by atoms with Crippen LogP contribution in [0.25, 0.3) is 29.5 Å². The summed E-state index contributed by atoms with van der Waals surface area (Å²) in [7, 11) is 0. The SMILES string of the molecule is O=C1C(=O)c2nc(-c3ccc(C(=O)c4c(F)c(F)c(F)c(F)c4F)s3)sc2-c2sc(-c3cccs3)nc21. The van der Waals surface area contributed by atoms with E-state index in [1.165, 1.54) is 28.7 Å². The number of hydrogen-bond donors (Lipinski definition) is 0. The van der Waals surface area contributed by atoms with E-state index in [0.29, 0.717) is 26.1 Å². The number of thiazole rings is 2. The number of rotatable bonds is 4. The number of aromatic nitrogens is 2. The smallest absolute Gasteiger partial charge is 0.255 e. The first-order chi connectivity index (χ1) is 17.7. The van der Waals surface area contributed by atoms with Crippen LogP contribution >= 0.6 is 45.3 Å². The van der Waals surface area contributed by atoms with Crippen molar-refractivity contribution in [2.75, 3.05) is 0 Å². The lowest BCUT2D eigenvalue weighted by Crippen LogP contribution is -2.20. The van der Waals surface area contributed by atoms with Crippen LogP contribution in [0.5, 0.6) is 0 Å². The molecular formula is C23H5F5N2O3S4. The molecule has 1 aliphatic carbocycles. The maximum absolute atomic E-state index is 14.1. The third kappa shape index (κ3) is 3.54. The van der Waals surface area contributed by atoms with Gasteiger partial charge in [0.25, 0.3) is 11.6 Å². The topological polar surface area (TPSA) is 77.0 Å². The monoisotopic (exact) mass is 580 g/mol. The molecule has 0 amide bonds. The maximum atomic E-state index is 14.1. The average molecular weight is 581 g/mol. The van der Waals surface area contributed by atoms with E-state index in [1.54, 1.807) is 0 Å². The zero-order chi connectivity index (χ0) is 26.2. The third-order valence-electron chi connectivity index (χ3n) is 5.31. The molecular weight excluding hydrogens is 576 g/mol. The zero-order valence-electron chi connectivity index (χ0n) is 17.5. The summed E-state index contributed by atoms with van der Waals surface area (Å²) in [4.78, 5) is 48.3. The van der Waals surface area contributed by atoms with E-state index < -0.39 is 52.0 Å². The second kappa shape index (κ2) is 8.55. The van der Waals surface area contributed by atoms with E-state index >= 15 is 0 Å². The number of nitrogens with zero attached hydrogens (tertiary/aromatic N) is 2. The molecule has 0 N–H and O–H groups in total. The molecule has 0 radical (unpaired) electrons. The second-order valence-corrected chi connectivity index (χ2v) is 11.5. The predicted octanol–water partition coefficient (Wildman–Crippen LogP) is 7.03. The van der Waals surface area contributed by atoms with Crippen LogP contribution < -0.4 is 0 Å². The summed E-state index contributed by atoms with van der Waals surface area (Å²) in [5.74, 6) is -14.3. The number of benzene rings is 1. The molecule has 0 unspecified atom stereocenters. The summed E-state index contributed by atoms with van der Waals surface area (Å²) in [5.41, 5.74) is -1.63. The molecule has 1 aromatic carbocycles. The van der Waals surface area contributed by atoms with Gasteiger partial charge in [-0.1, -0.05) is 6.07 Å². The van der Waals surface area contributed by atoms with E-state index in [0.717, 1.165) is 22.3 Å². The molecule has 37 heavy (non-hydrogen) atoms. The summed E-state index contributed by atoms with van der Waals surface area (Å²) in [6.07, 6.45) is 0. The van der Waals surface area contributed by atoms with Gasteiger partial charge in [-0.15, -0.1) is 45.3 Å². The highest BCUT2D eigenvalue weighted by atomic mass is 32.1. The van der Waals surface area contributed by atoms with Gasteiger partial charge < -0.3 is 0 Å². The molecule has 4 heterocycles. The van der Waals surface area contributed by atoms with Crippen molar-refractivity contribution in [1.29, 1.82) is 0 Å². The van der Waals surface area contributed by atoms with Crippen LogP contribution in [0.1, 0.15) is 36.2 Å². The number of halogens is 5. The van der Waals surface area contributed by atoms with Crippen LogP contribution in [0.4, 0.5) is 22.0 Å². The van der Waals surface area contributed by atoms with Gasteiger partial charge in [0.2, 0.25) is 11.6 Å². The van der Waals surface area contributed by atoms with Gasteiger partial charge >= 0.3 is 0 Å². The molecule has 0 atom stereocenters. The first-order valence-electron chi connectivity index (χ1n) is 9.98. The van der Waals surface area contributed by atoms with E-state index in [4.69, 9.17) is 0 Å². The van der Waals surface area contributed by atoms with E-state index in [1.807, 2.05) is 17.5 Å². The van der Waals surface area contributed by atoms with Crippen LogP contribution in [0, 0.1) is 29.1 Å². The Morgan fingerprint density at radius 3 is 1.76 bits per heavy atom. The fraction of sp³-hybridized carbons (Fsp3) is 0. The Bertz CT molecular complexity index is 1770. The van der Waals surface area contributed by atoms with Crippen LogP contribution in [0.15, 0.2) is 29.6 Å². The molecule has 0 saturated carbocycles. The summed E-state index contributed by atoms with van der Waals surface area (Å²) in [6.45, 7) is 0. The number of carbonyl (C=O) groups excluding carboxylic acids is 3. The maximum Gasteiger partial charge on any atom is 0.255 e. The summed E-state index contributed by atoms with van der Waals surface area (Å²) >= 11 is 4.39. The lowest BCUT2D eigenvalue weighted by molar-refractivity contribution is 0.0810. The quantitative estimate of drug-likeness (QED) is 0.0750. The Labute approximate surface area is 218 Å². The number of carbonyl (C=O) groups is 3. The average Bonchev–Trinajstić information content (AvgIpc) is 3.68. The molecule has 184 valence electrons. The van der Waals surface area contributed by atoms with E-state index in [2.05, 4.69) is 9.97 Å². The molecule has 5 nitrogen and oxygen atoms in total. The van der Waals surface area contributed by atoms with Gasteiger partial charge in [0.15, 0.2) is 23.3 Å². The Morgan fingerprint density at radius 2 is 1.22 bits per heavy atom. The van der Waals surface area contributed by atoms with Crippen LogP contribution in [-0.2, 0) is 0 Å². The molecule has 4 aromatic heterocycles. The normalized spacial score (nSPS) is 12.7. The van der Waals surface area contributed by atoms with E-state index in [9.17, 15) is 36.3 Å². The van der Waals surface area contributed by atoms with Gasteiger partial charge in [0.05, 0.1) is 24.4 Å². The fourth-order valence-electron chi connectivity index (χ4n) is 3.58. The van der Waals surface area contributed by atoms with Crippen molar-refractivity contribution in [3.05, 3.63) is 80.6 Å². The van der Waals surface area contributed by atoms with Crippen molar-refractivity contribution in [1.82, 2.24) is 9.97 Å². The van der Waals surface area contributed by atoms with Gasteiger partial charge in [-0.3, -0.25) is 14.4 Å². The first-order valence-corrected chi connectivity index (χ1v) is 13.3. The second-order valence-electron chi connectivity index (χ2n) is 7.47. The molecule has 0 bridgehead atoms. The van der Waals surface area contributed by atoms with Gasteiger partial charge in [-0.2, -0.15) is 0 Å². The zero-order valence-corrected chi connectivity index (χ0v) is 20.8. The number of Topliss-reactive ketones (excluding diaryl/α,β-unsaturated/α-hetero) is 2. The fourth-order valence-corrected chi connectivity index (χ4v) is 7.64. The lowest BCUT2D eigenvalue weighted by atomic mass is 10.0. The van der Waals surface area contributed by atoms with Gasteiger partial charge in [-0.25, -0.2) is 31.9 Å². The van der Waals surface area contributed by atoms with Crippen LogP contribution in [0.2, 0.25) is 0 Å². The van der Waals surface area contributed by atoms with Crippen LogP contribution in [0.3, 0.4) is 0 Å². The van der Waals surface area contributed by atoms with Gasteiger partial charge in [0, 0.05) is 0 Å². The summed E-state index contributed by atoms with van der Waals surface area (Å²) in [6, 6.07) is 6.17. The van der Waals surface area contributed by atoms with Crippen LogP contribution in [-0.4, -0.2) is 27.3 Å². The molecule has 0 spiro atoms. The van der Waals surface area contributed by atoms with Crippen molar-refractivity contribution in [3.8, 4) is 29.5 Å². The minimum absolute atomic E-state index is 0.0226. The summed E-state index contributed by atoms with van der Waals surface area (Å²) < 4.78 is 68.8. The highest BCUT2D eigenvalue weighted by molar-refractivity contribution is 7.29. The molecule has 6 rings (SSSR count). The molecule has 0 fully saturated rings. The van der Waals surface area contributed by atoms with Crippen molar-refractivity contribution in [2.24, 2.45) is 0 Å². The number of ketones is 3. The standard InChI is InChI=1S/C23H5F5N2O3S4/c24-10-9(11(25)13(27)14(28)12(10)26)17(31)6-3-4-8(35-6)23-30-16-19(33)18(32)15-20(21(16)37-23)36-22(29-15)7-2-1-5-34-7/h1-5H. The summed E-state index contributed by atoms with van der Waals surface area (Å²) in [5, 5.41) is 2.64. The largest absolute Gasteiger partial charge is 0.287 e. The molecule has 0 saturated heterocycles. The molecule has 14 heteroatoms. The Balaban J connectivity index is 1.40. The van der Waals surface area contributed by atoms with Crippen molar-refractivity contribution in [3.63, 3.8) is 0 Å². The first kappa shape index (κ1) is 23.9. The van der Waals surface area contributed by atoms with E-state index in [-0.39, 0.29) is 26.1 Å². The highest BCUT2D eigenvalue weighted by Crippen LogP contribution is 2.47. The number of hydrogen-bond acceptors (Lipinski definition) is 9. The Hall–Kier alpha value is -3.46. The minimum atomic E-state index is -2.37. The molecule has 0 aliphatic heterocycles. The molecule has 5 aromatic rings. The Morgan fingerprint density at radius 1 is 0.676 bits per heavy atom. The van der Waals surface area contributed by atoms with Crippen molar-refractivity contribution in [2.45, 2.75) is 0 Å².